The molecule has 1 aliphatic heterocycles. The van der Waals surface area contributed by atoms with Crippen LogP contribution in [0.5, 0.6) is 0 Å². The fraction of sp³-hybridized carbons (Fsp3) is 0.833. The molecular weight excluding hydrogens is 229 g/mol. The Morgan fingerprint density at radius 2 is 2.44 bits per heavy atom. The van der Waals surface area contributed by atoms with Gasteiger partial charge in [0, 0.05) is 13.5 Å². The van der Waals surface area contributed by atoms with Crippen LogP contribution in [0, 0.1) is 0 Å². The van der Waals surface area contributed by atoms with E-state index >= 15 is 0 Å². The van der Waals surface area contributed by atoms with Crippen molar-refractivity contribution in [2.45, 2.75) is 23.3 Å². The van der Waals surface area contributed by atoms with E-state index in [-0.39, 0.29) is 0 Å². The zero-order valence-corrected chi connectivity index (χ0v) is 7.59. The van der Waals surface area contributed by atoms with Crippen LogP contribution in [0.15, 0.2) is 0 Å². The predicted molar refractivity (Wildman–Crippen MR) is 44.4 cm³/mol. The van der Waals surface area contributed by atoms with Crippen molar-refractivity contribution in [3.63, 3.8) is 0 Å². The van der Waals surface area contributed by atoms with Gasteiger partial charge in [-0.05, 0) is 12.8 Å². The number of hydrogen-bond donors (Lipinski definition) is 0. The van der Waals surface area contributed by atoms with E-state index in [0.29, 0.717) is 9.96 Å². The maximum Gasteiger partial charge on any atom is 0.223 e. The highest BCUT2D eigenvalue weighted by Crippen LogP contribution is 2.20. The fourth-order valence-corrected chi connectivity index (χ4v) is 1.70. The summed E-state index contributed by atoms with van der Waals surface area (Å²) in [6.45, 7) is 0. The van der Waals surface area contributed by atoms with Crippen molar-refractivity contribution >= 4 is 28.5 Å². The Morgan fingerprint density at radius 3 is 2.89 bits per heavy atom. The second-order valence-corrected chi connectivity index (χ2v) is 3.77. The number of alkyl halides is 1. The molecule has 1 heterocycles. The van der Waals surface area contributed by atoms with Crippen LogP contribution in [0.1, 0.15) is 19.3 Å². The molecule has 0 aliphatic carbocycles. The molecule has 2 nitrogen and oxygen atoms in total. The normalized spacial score (nSPS) is 28.9. The summed E-state index contributed by atoms with van der Waals surface area (Å²) >= 11 is 2.30. The Bertz CT molecular complexity index is 126. The Balaban J connectivity index is 2.51. The Hall–Kier alpha value is 0.200. The van der Waals surface area contributed by atoms with Crippen molar-refractivity contribution in [1.82, 2.24) is 4.90 Å². The summed E-state index contributed by atoms with van der Waals surface area (Å²) < 4.78 is 0.434. The number of carbonyl (C=O) groups excluding carboxylic acids is 1. The number of hydrogen-bond acceptors (Lipinski definition) is 1. The first-order chi connectivity index (χ1) is 4.22. The van der Waals surface area contributed by atoms with E-state index in [1.165, 1.54) is 0 Å². The predicted octanol–water partition coefficient (Wildman–Crippen LogP) is 1.39. The molecule has 3 heteroatoms. The second kappa shape index (κ2) is 2.86. The zero-order chi connectivity index (χ0) is 6.85. The van der Waals surface area contributed by atoms with Gasteiger partial charge in [0.2, 0.25) is 5.91 Å². The number of amides is 1. The van der Waals surface area contributed by atoms with Crippen LogP contribution < -0.4 is 0 Å². The van der Waals surface area contributed by atoms with Crippen LogP contribution in [0.2, 0.25) is 0 Å². The summed E-state index contributed by atoms with van der Waals surface area (Å²) in [5.74, 6) is 0.292. The lowest BCUT2D eigenvalue weighted by Gasteiger charge is -2.27. The van der Waals surface area contributed by atoms with Gasteiger partial charge in [-0.1, -0.05) is 22.6 Å². The molecule has 1 rings (SSSR count). The van der Waals surface area contributed by atoms with Crippen molar-refractivity contribution < 1.29 is 4.79 Å². The SMILES string of the molecule is CN1C(=O)CCCC1I. The van der Waals surface area contributed by atoms with Gasteiger partial charge in [-0.3, -0.25) is 4.79 Å². The van der Waals surface area contributed by atoms with Crippen molar-refractivity contribution in [2.75, 3.05) is 7.05 Å². The number of halogens is 1. The molecule has 0 N–H and O–H groups in total. The highest BCUT2D eigenvalue weighted by Gasteiger charge is 2.21. The molecule has 0 radical (unpaired) electrons. The third-order valence-corrected chi connectivity index (χ3v) is 3.11. The van der Waals surface area contributed by atoms with Crippen molar-refractivity contribution in [1.29, 1.82) is 0 Å². The van der Waals surface area contributed by atoms with E-state index < -0.39 is 0 Å². The summed E-state index contributed by atoms with van der Waals surface area (Å²) in [4.78, 5) is 12.7. The molecule has 0 aromatic heterocycles. The number of carbonyl (C=O) groups is 1. The summed E-state index contributed by atoms with van der Waals surface area (Å²) in [7, 11) is 1.87. The molecule has 0 saturated carbocycles. The molecule has 0 aromatic carbocycles. The summed E-state index contributed by atoms with van der Waals surface area (Å²) in [5.41, 5.74) is 0. The molecule has 1 aliphatic rings. The molecule has 1 atom stereocenters. The quantitative estimate of drug-likeness (QED) is 0.355. The summed E-state index contributed by atoms with van der Waals surface area (Å²) in [6, 6.07) is 0. The van der Waals surface area contributed by atoms with Gasteiger partial charge < -0.3 is 4.90 Å². The molecule has 0 aromatic rings. The molecule has 1 amide bonds. The summed E-state index contributed by atoms with van der Waals surface area (Å²) in [5, 5.41) is 0. The maximum absolute atomic E-state index is 10.9. The molecule has 0 spiro atoms. The van der Waals surface area contributed by atoms with Gasteiger partial charge in [0.15, 0.2) is 0 Å². The van der Waals surface area contributed by atoms with Crippen LogP contribution >= 0.6 is 22.6 Å². The summed E-state index contributed by atoms with van der Waals surface area (Å²) in [6.07, 6.45) is 2.97. The molecule has 9 heavy (non-hydrogen) atoms. The minimum absolute atomic E-state index is 0.292. The Kier molecular flexibility index (Phi) is 2.32. The topological polar surface area (TPSA) is 20.3 Å². The van der Waals surface area contributed by atoms with Crippen LogP contribution in [-0.2, 0) is 4.79 Å². The van der Waals surface area contributed by atoms with E-state index in [9.17, 15) is 4.79 Å². The number of piperidine rings is 1. The van der Waals surface area contributed by atoms with E-state index in [2.05, 4.69) is 22.6 Å². The number of rotatable bonds is 0. The lowest BCUT2D eigenvalue weighted by atomic mass is 10.1. The third-order valence-electron chi connectivity index (χ3n) is 1.65. The van der Waals surface area contributed by atoms with E-state index in [0.717, 1.165) is 19.3 Å². The van der Waals surface area contributed by atoms with Gasteiger partial charge in [-0.15, -0.1) is 0 Å². The first-order valence-electron chi connectivity index (χ1n) is 3.11. The zero-order valence-electron chi connectivity index (χ0n) is 5.43. The average Bonchev–Trinajstić information content (AvgIpc) is 1.83. The maximum atomic E-state index is 10.9. The van der Waals surface area contributed by atoms with Gasteiger partial charge in [0.1, 0.15) is 0 Å². The number of likely N-dealkylation sites (tertiary alicyclic amines) is 1. The van der Waals surface area contributed by atoms with Gasteiger partial charge in [0.05, 0.1) is 4.05 Å². The standard InChI is InChI=1S/C6H10INO/c1-8-5(7)3-2-4-6(8)9/h5H,2-4H2,1H3. The average molecular weight is 239 g/mol. The Labute approximate surface area is 68.7 Å². The highest BCUT2D eigenvalue weighted by molar-refractivity contribution is 14.1. The van der Waals surface area contributed by atoms with Crippen LogP contribution in [0.3, 0.4) is 0 Å². The smallest absolute Gasteiger partial charge is 0.223 e. The first-order valence-corrected chi connectivity index (χ1v) is 4.36. The third kappa shape index (κ3) is 1.56. The molecule has 1 fully saturated rings. The van der Waals surface area contributed by atoms with Crippen molar-refractivity contribution in [3.8, 4) is 0 Å². The molecule has 1 saturated heterocycles. The number of nitrogens with zero attached hydrogens (tertiary/aromatic N) is 1. The molecule has 52 valence electrons. The lowest BCUT2D eigenvalue weighted by molar-refractivity contribution is -0.132. The molecule has 0 bridgehead atoms. The molecular formula is C6H10INO. The van der Waals surface area contributed by atoms with Gasteiger partial charge in [-0.25, -0.2) is 0 Å². The lowest BCUT2D eigenvalue weighted by Crippen LogP contribution is -2.36. The minimum Gasteiger partial charge on any atom is -0.334 e. The minimum atomic E-state index is 0.292. The largest absolute Gasteiger partial charge is 0.334 e. The van der Waals surface area contributed by atoms with Crippen molar-refractivity contribution in [2.24, 2.45) is 0 Å². The highest BCUT2D eigenvalue weighted by atomic mass is 127. The van der Waals surface area contributed by atoms with E-state index in [1.54, 1.807) is 0 Å². The van der Waals surface area contributed by atoms with Crippen LogP contribution in [0.25, 0.3) is 0 Å². The van der Waals surface area contributed by atoms with Crippen LogP contribution in [-0.4, -0.2) is 21.9 Å². The van der Waals surface area contributed by atoms with Gasteiger partial charge >= 0.3 is 0 Å². The fourth-order valence-electron chi connectivity index (χ4n) is 0.948. The van der Waals surface area contributed by atoms with Crippen LogP contribution in [0.4, 0.5) is 0 Å². The van der Waals surface area contributed by atoms with Gasteiger partial charge in [0.25, 0.3) is 0 Å². The molecule has 1 unspecified atom stereocenters. The second-order valence-electron chi connectivity index (χ2n) is 2.33. The van der Waals surface area contributed by atoms with E-state index in [1.807, 2.05) is 11.9 Å². The Morgan fingerprint density at radius 1 is 1.78 bits per heavy atom. The monoisotopic (exact) mass is 239 g/mol. The van der Waals surface area contributed by atoms with Crippen molar-refractivity contribution in [3.05, 3.63) is 0 Å². The van der Waals surface area contributed by atoms with Gasteiger partial charge in [-0.2, -0.15) is 0 Å². The first kappa shape index (κ1) is 7.31. The van der Waals surface area contributed by atoms with E-state index in [4.69, 9.17) is 0 Å².